The van der Waals surface area contributed by atoms with Gasteiger partial charge in [-0.15, -0.1) is 0 Å². The van der Waals surface area contributed by atoms with Gasteiger partial charge in [0.2, 0.25) is 11.2 Å². The van der Waals surface area contributed by atoms with Gasteiger partial charge in [-0.05, 0) is 30.7 Å². The van der Waals surface area contributed by atoms with E-state index in [1.54, 1.807) is 11.0 Å². The maximum atomic E-state index is 12.8. The fourth-order valence-corrected chi connectivity index (χ4v) is 3.84. The molecule has 1 saturated heterocycles. The molecule has 2 aliphatic rings. The molecule has 0 aliphatic carbocycles. The zero-order valence-corrected chi connectivity index (χ0v) is 15.8. The molecule has 0 saturated carbocycles. The van der Waals surface area contributed by atoms with Gasteiger partial charge in [0, 0.05) is 55.1 Å². The Morgan fingerprint density at radius 3 is 2.75 bits per heavy atom. The molecule has 28 heavy (non-hydrogen) atoms. The van der Waals surface area contributed by atoms with Crippen LogP contribution in [-0.2, 0) is 24.1 Å². The Kier molecular flexibility index (Phi) is 4.65. The minimum atomic E-state index is -4.47. The number of aryl methyl sites for hydroxylation is 1. The molecule has 0 spiro atoms. The summed E-state index contributed by atoms with van der Waals surface area (Å²) in [4.78, 5) is 27.8. The predicted molar refractivity (Wildman–Crippen MR) is 95.6 cm³/mol. The van der Waals surface area contributed by atoms with Crippen LogP contribution in [0.25, 0.3) is 0 Å². The number of hydrogen-bond acceptors (Lipinski definition) is 5. The van der Waals surface area contributed by atoms with Crippen molar-refractivity contribution in [3.8, 4) is 0 Å². The van der Waals surface area contributed by atoms with E-state index in [2.05, 4.69) is 15.0 Å². The van der Waals surface area contributed by atoms with Crippen molar-refractivity contribution in [3.63, 3.8) is 0 Å². The SMILES string of the molecule is Cc1nc(Cl)nc2c1CN(C(=O)CC1CN(c3ccnc(C(F)(F)F)c3)C1)C2. The molecular formula is C18H17ClF3N5O. The van der Waals surface area contributed by atoms with Gasteiger partial charge >= 0.3 is 6.18 Å². The molecule has 4 heterocycles. The second kappa shape index (κ2) is 6.88. The minimum Gasteiger partial charge on any atom is -0.371 e. The number of carbonyl (C=O) groups excluding carboxylic acids is 1. The van der Waals surface area contributed by atoms with Crippen molar-refractivity contribution in [1.82, 2.24) is 19.9 Å². The molecular weight excluding hydrogens is 395 g/mol. The number of nitrogens with zero attached hydrogens (tertiary/aromatic N) is 5. The van der Waals surface area contributed by atoms with Crippen LogP contribution in [0.5, 0.6) is 0 Å². The third-order valence-electron chi connectivity index (χ3n) is 5.13. The van der Waals surface area contributed by atoms with Crippen molar-refractivity contribution >= 4 is 23.2 Å². The number of rotatable bonds is 3. The number of alkyl halides is 3. The smallest absolute Gasteiger partial charge is 0.371 e. The third kappa shape index (κ3) is 3.63. The predicted octanol–water partition coefficient (Wildman–Crippen LogP) is 3.22. The maximum absolute atomic E-state index is 12.8. The fourth-order valence-electron chi connectivity index (χ4n) is 3.62. The second-order valence-electron chi connectivity index (χ2n) is 7.13. The first kappa shape index (κ1) is 18.9. The highest BCUT2D eigenvalue weighted by Gasteiger charge is 2.36. The standard InChI is InChI=1S/C18H17ClF3N5O/c1-10-13-8-27(9-14(13)25-17(19)24-10)16(28)4-11-6-26(7-11)12-2-3-23-15(5-12)18(20,21)22/h2-3,5,11H,4,6-9H2,1H3. The van der Waals surface area contributed by atoms with Crippen LogP contribution in [0.3, 0.4) is 0 Å². The maximum Gasteiger partial charge on any atom is 0.433 e. The van der Waals surface area contributed by atoms with Gasteiger partial charge in [0.1, 0.15) is 5.69 Å². The molecule has 4 rings (SSSR count). The first-order valence-corrected chi connectivity index (χ1v) is 9.16. The van der Waals surface area contributed by atoms with Crippen LogP contribution < -0.4 is 4.90 Å². The van der Waals surface area contributed by atoms with Crippen LogP contribution in [0.4, 0.5) is 18.9 Å². The molecule has 0 N–H and O–H groups in total. The lowest BCUT2D eigenvalue weighted by Crippen LogP contribution is -2.48. The molecule has 0 unspecified atom stereocenters. The summed E-state index contributed by atoms with van der Waals surface area (Å²) >= 11 is 5.88. The molecule has 2 aromatic heterocycles. The number of pyridine rings is 1. The van der Waals surface area contributed by atoms with E-state index in [1.165, 1.54) is 0 Å². The van der Waals surface area contributed by atoms with E-state index in [9.17, 15) is 18.0 Å². The van der Waals surface area contributed by atoms with Crippen molar-refractivity contribution in [1.29, 1.82) is 0 Å². The van der Waals surface area contributed by atoms with Crippen molar-refractivity contribution in [2.45, 2.75) is 32.6 Å². The fraction of sp³-hybridized carbons (Fsp3) is 0.444. The van der Waals surface area contributed by atoms with Gasteiger partial charge < -0.3 is 9.80 Å². The summed E-state index contributed by atoms with van der Waals surface area (Å²) in [5, 5.41) is 0.177. The van der Waals surface area contributed by atoms with Crippen LogP contribution in [0, 0.1) is 12.8 Å². The first-order valence-electron chi connectivity index (χ1n) is 8.78. The number of carbonyl (C=O) groups is 1. The van der Waals surface area contributed by atoms with E-state index < -0.39 is 11.9 Å². The molecule has 2 aromatic rings. The highest BCUT2D eigenvalue weighted by atomic mass is 35.5. The lowest BCUT2D eigenvalue weighted by atomic mass is 9.95. The Bertz CT molecular complexity index is 930. The minimum absolute atomic E-state index is 0.00359. The van der Waals surface area contributed by atoms with E-state index in [0.29, 0.717) is 38.3 Å². The van der Waals surface area contributed by atoms with Gasteiger partial charge in [-0.3, -0.25) is 9.78 Å². The second-order valence-corrected chi connectivity index (χ2v) is 7.46. The topological polar surface area (TPSA) is 62.2 Å². The average molecular weight is 412 g/mol. The van der Waals surface area contributed by atoms with Crippen LogP contribution in [0.15, 0.2) is 18.3 Å². The summed E-state index contributed by atoms with van der Waals surface area (Å²) < 4.78 is 38.4. The number of fused-ring (bicyclic) bond motifs is 1. The Balaban J connectivity index is 1.33. The molecule has 1 amide bonds. The molecule has 0 atom stereocenters. The Morgan fingerprint density at radius 2 is 2.04 bits per heavy atom. The molecule has 0 radical (unpaired) electrons. The van der Waals surface area contributed by atoms with E-state index >= 15 is 0 Å². The summed E-state index contributed by atoms with van der Waals surface area (Å²) in [6.45, 7) is 3.80. The third-order valence-corrected chi connectivity index (χ3v) is 5.30. The van der Waals surface area contributed by atoms with Crippen LogP contribution in [0.1, 0.15) is 29.1 Å². The van der Waals surface area contributed by atoms with Gasteiger partial charge in [0.25, 0.3) is 0 Å². The van der Waals surface area contributed by atoms with Crippen LogP contribution >= 0.6 is 11.6 Å². The van der Waals surface area contributed by atoms with Crippen molar-refractivity contribution in [2.24, 2.45) is 5.92 Å². The average Bonchev–Trinajstić information content (AvgIpc) is 3.01. The summed E-state index contributed by atoms with van der Waals surface area (Å²) in [5.74, 6) is 0.110. The Morgan fingerprint density at radius 1 is 1.29 bits per heavy atom. The molecule has 2 aliphatic heterocycles. The highest BCUT2D eigenvalue weighted by Crippen LogP contribution is 2.33. The number of amides is 1. The number of anilines is 1. The number of halogens is 4. The summed E-state index contributed by atoms with van der Waals surface area (Å²) in [7, 11) is 0. The summed E-state index contributed by atoms with van der Waals surface area (Å²) in [5.41, 5.74) is 2.05. The van der Waals surface area contributed by atoms with Gasteiger partial charge in [-0.25, -0.2) is 9.97 Å². The quantitative estimate of drug-likeness (QED) is 0.726. The lowest BCUT2D eigenvalue weighted by Gasteiger charge is -2.41. The van der Waals surface area contributed by atoms with Crippen LogP contribution in [-0.4, -0.2) is 38.8 Å². The van der Waals surface area contributed by atoms with Gasteiger partial charge in [0.15, 0.2) is 0 Å². The zero-order chi connectivity index (χ0) is 20.1. The summed E-state index contributed by atoms with van der Waals surface area (Å²) in [6, 6.07) is 2.59. The van der Waals surface area contributed by atoms with Gasteiger partial charge in [-0.1, -0.05) is 0 Å². The van der Waals surface area contributed by atoms with E-state index in [-0.39, 0.29) is 17.1 Å². The Labute approximate surface area is 164 Å². The Hall–Kier alpha value is -2.42. The normalized spacial score (nSPS) is 16.9. The van der Waals surface area contributed by atoms with Crippen molar-refractivity contribution in [2.75, 3.05) is 18.0 Å². The lowest BCUT2D eigenvalue weighted by molar-refractivity contribution is -0.141. The van der Waals surface area contributed by atoms with Gasteiger partial charge in [0.05, 0.1) is 12.2 Å². The van der Waals surface area contributed by atoms with Crippen molar-refractivity contribution < 1.29 is 18.0 Å². The van der Waals surface area contributed by atoms with E-state index in [1.807, 2.05) is 11.8 Å². The van der Waals surface area contributed by atoms with Gasteiger partial charge in [-0.2, -0.15) is 13.2 Å². The number of aromatic nitrogens is 3. The molecule has 6 nitrogen and oxygen atoms in total. The molecule has 0 aromatic carbocycles. The molecule has 148 valence electrons. The monoisotopic (exact) mass is 411 g/mol. The molecule has 0 bridgehead atoms. The number of hydrogen-bond donors (Lipinski definition) is 0. The molecule has 10 heteroatoms. The first-order chi connectivity index (χ1) is 13.2. The zero-order valence-electron chi connectivity index (χ0n) is 15.0. The van der Waals surface area contributed by atoms with Crippen LogP contribution in [0.2, 0.25) is 5.28 Å². The highest BCUT2D eigenvalue weighted by molar-refractivity contribution is 6.28. The van der Waals surface area contributed by atoms with E-state index in [4.69, 9.17) is 11.6 Å². The van der Waals surface area contributed by atoms with Crippen molar-refractivity contribution in [3.05, 3.63) is 46.3 Å². The largest absolute Gasteiger partial charge is 0.433 e. The molecule has 1 fully saturated rings. The summed E-state index contributed by atoms with van der Waals surface area (Å²) in [6.07, 6.45) is -2.96. The van der Waals surface area contributed by atoms with E-state index in [0.717, 1.165) is 29.2 Å².